The molecule has 0 amide bonds. The molecule has 1 unspecified atom stereocenters. The quantitative estimate of drug-likeness (QED) is 0.253. The first-order valence-corrected chi connectivity index (χ1v) is 7.93. The average Bonchev–Trinajstić information content (AvgIpc) is 2.46. The zero-order chi connectivity index (χ0) is 16.7. The van der Waals surface area contributed by atoms with Crippen LogP contribution in [-0.2, 0) is 9.53 Å². The molecule has 6 nitrogen and oxygen atoms in total. The molecule has 0 aliphatic heterocycles. The van der Waals surface area contributed by atoms with Crippen molar-refractivity contribution in [1.82, 2.24) is 0 Å². The molecule has 1 aromatic carbocycles. The molecule has 0 bridgehead atoms. The minimum atomic E-state index is -1.21. The van der Waals surface area contributed by atoms with E-state index in [1.54, 1.807) is 13.0 Å². The number of phenols is 1. The summed E-state index contributed by atoms with van der Waals surface area (Å²) in [5.74, 6) is -1.38. The Kier molecular flexibility index (Phi) is 11.4. The van der Waals surface area contributed by atoms with Gasteiger partial charge in [-0.25, -0.2) is 4.79 Å². The molecule has 0 heterocycles. The van der Waals surface area contributed by atoms with Gasteiger partial charge in [0.05, 0.1) is 12.5 Å². The monoisotopic (exact) mass is 414 g/mol. The van der Waals surface area contributed by atoms with Crippen molar-refractivity contribution in [2.75, 3.05) is 11.9 Å². The van der Waals surface area contributed by atoms with Gasteiger partial charge in [-0.1, -0.05) is 42.8 Å². The molecular weight excluding hydrogens is 395 g/mol. The molecule has 1 rings (SSSR count). The van der Waals surface area contributed by atoms with Gasteiger partial charge in [0.25, 0.3) is 0 Å². The normalized spacial score (nSPS) is 11.3. The molecule has 0 aliphatic rings. The molecule has 8 heteroatoms. The van der Waals surface area contributed by atoms with E-state index in [0.717, 1.165) is 0 Å². The molecule has 124 valence electrons. The summed E-state index contributed by atoms with van der Waals surface area (Å²) in [6.07, 6.45) is -1.21. The Bertz CT molecular complexity index is 535. The van der Waals surface area contributed by atoms with Crippen LogP contribution in [0.1, 0.15) is 20.8 Å². The zero-order valence-electron chi connectivity index (χ0n) is 12.7. The molecule has 0 aromatic heterocycles. The average molecular weight is 415 g/mol. The second kappa shape index (κ2) is 11.4. The van der Waals surface area contributed by atoms with Crippen LogP contribution in [0.2, 0.25) is 0 Å². The van der Waals surface area contributed by atoms with E-state index in [4.69, 9.17) is 9.47 Å². The second-order valence-corrected chi connectivity index (χ2v) is 5.74. The molecule has 1 N–H and O–H groups in total. The van der Waals surface area contributed by atoms with Crippen LogP contribution in [0.3, 0.4) is 0 Å². The Morgan fingerprint density at radius 2 is 1.91 bits per heavy atom. The Hall–Kier alpha value is -0.124. The van der Waals surface area contributed by atoms with Crippen LogP contribution >= 0.6 is 15.9 Å². The van der Waals surface area contributed by atoms with Crippen LogP contribution in [0, 0.1) is 11.8 Å². The van der Waals surface area contributed by atoms with Crippen molar-refractivity contribution in [2.45, 2.75) is 20.8 Å². The van der Waals surface area contributed by atoms with Crippen molar-refractivity contribution < 1.29 is 28.9 Å². The van der Waals surface area contributed by atoms with Crippen LogP contribution in [0.25, 0.3) is 0 Å². The molecule has 0 saturated carbocycles. The van der Waals surface area contributed by atoms with Gasteiger partial charge in [0.1, 0.15) is 0 Å². The van der Waals surface area contributed by atoms with Gasteiger partial charge in [-0.05, 0) is 18.1 Å². The molecule has 1 aromatic rings. The summed E-state index contributed by atoms with van der Waals surface area (Å²) in [6.45, 7) is 5.65. The number of para-hydroxylation sites is 1. The number of halogens is 1. The Morgan fingerprint density at radius 3 is 2.48 bits per heavy atom. The van der Waals surface area contributed by atoms with Gasteiger partial charge in [0, 0.05) is 5.33 Å². The number of hydrogen-bond donors (Lipinski definition) is 1. The number of carbonyl (C=O) groups excluding carboxylic acids is 2. The molecule has 0 spiro atoms. The summed E-state index contributed by atoms with van der Waals surface area (Å²) in [7, 11) is 0. The second-order valence-electron chi connectivity index (χ2n) is 4.95. The number of alkyl halides is 1. The minimum absolute atomic E-state index is 0. The summed E-state index contributed by atoms with van der Waals surface area (Å²) in [5.41, 5.74) is 0. The molecule has 1 atom stereocenters. The number of carbonyl (C=O) groups is 2. The maximum absolute atomic E-state index is 11.7. The number of benzene rings is 1. The number of phenolic OH excluding ortho intramolecular Hbond substituents is 1. The molecule has 0 fully saturated rings. The fourth-order valence-corrected chi connectivity index (χ4v) is 1.58. The third kappa shape index (κ3) is 7.53. The van der Waals surface area contributed by atoms with E-state index in [1.807, 2.05) is 13.8 Å². The zero-order valence-corrected chi connectivity index (χ0v) is 14.3. The third-order valence-corrected chi connectivity index (χ3v) is 3.36. The first kappa shape index (κ1) is 22.9. The van der Waals surface area contributed by atoms with Gasteiger partial charge < -0.3 is 19.3 Å². The Morgan fingerprint density at radius 1 is 1.26 bits per heavy atom. The van der Waals surface area contributed by atoms with Crippen molar-refractivity contribution in [1.29, 1.82) is 0 Å². The van der Waals surface area contributed by atoms with Crippen molar-refractivity contribution in [3.8, 4) is 17.2 Å². The first-order chi connectivity index (χ1) is 10.4. The number of hydrogen-bond acceptors (Lipinski definition) is 6. The van der Waals surface area contributed by atoms with Gasteiger partial charge in [-0.3, -0.25) is 4.79 Å². The predicted molar refractivity (Wildman–Crippen MR) is 90.7 cm³/mol. The third-order valence-electron chi connectivity index (χ3n) is 3.03. The number of rotatable bonds is 6. The van der Waals surface area contributed by atoms with Crippen molar-refractivity contribution in [3.63, 3.8) is 0 Å². The number of ether oxygens (including phenoxy) is 3. The summed E-state index contributed by atoms with van der Waals surface area (Å²) in [5, 5.41) is 10.3. The van der Waals surface area contributed by atoms with Crippen LogP contribution in [0.4, 0.5) is 4.79 Å². The van der Waals surface area contributed by atoms with Crippen LogP contribution < -0.4 is 9.47 Å². The predicted octanol–water partition coefficient (Wildman–Crippen LogP) is 2.85. The van der Waals surface area contributed by atoms with E-state index < -0.39 is 18.0 Å². The van der Waals surface area contributed by atoms with Crippen LogP contribution in [-0.4, -0.2) is 80.6 Å². The topological polar surface area (TPSA) is 82.1 Å². The Labute approximate surface area is 186 Å². The first-order valence-electron chi connectivity index (χ1n) is 6.81. The molecule has 23 heavy (non-hydrogen) atoms. The van der Waals surface area contributed by atoms with Gasteiger partial charge in [0.2, 0.25) is 5.75 Å². The Balaban J connectivity index is 0.00000484. The molecule has 0 saturated heterocycles. The molecule has 0 aliphatic carbocycles. The van der Waals surface area contributed by atoms with E-state index in [0.29, 0.717) is 11.9 Å². The number of aromatic hydroxyl groups is 1. The van der Waals surface area contributed by atoms with E-state index in [1.165, 1.54) is 12.1 Å². The van der Waals surface area contributed by atoms with Gasteiger partial charge >= 0.3 is 63.5 Å². The van der Waals surface area contributed by atoms with E-state index in [-0.39, 0.29) is 74.6 Å². The van der Waals surface area contributed by atoms with E-state index >= 15 is 0 Å². The van der Waals surface area contributed by atoms with Crippen LogP contribution in [0.15, 0.2) is 18.2 Å². The van der Waals surface area contributed by atoms with Gasteiger partial charge in [-0.15, -0.1) is 0 Å². The maximum atomic E-state index is 11.7. The van der Waals surface area contributed by atoms with Crippen LogP contribution in [0.5, 0.6) is 17.2 Å². The summed E-state index contributed by atoms with van der Waals surface area (Å²) in [4.78, 5) is 23.4. The SMILES string of the molecule is CC(C)C(C)C(=O)OC(=O)Oc1c(O)cccc1OCCBr.[KH]. The van der Waals surface area contributed by atoms with Gasteiger partial charge in [-0.2, -0.15) is 0 Å². The fourth-order valence-electron chi connectivity index (χ4n) is 1.42. The van der Waals surface area contributed by atoms with Crippen molar-refractivity contribution in [3.05, 3.63) is 18.2 Å². The van der Waals surface area contributed by atoms with E-state index in [9.17, 15) is 14.7 Å². The summed E-state index contributed by atoms with van der Waals surface area (Å²) >= 11 is 3.20. The van der Waals surface area contributed by atoms with Crippen molar-refractivity contribution >= 4 is 79.4 Å². The van der Waals surface area contributed by atoms with E-state index in [2.05, 4.69) is 20.7 Å². The number of esters is 1. The summed E-state index contributed by atoms with van der Waals surface area (Å²) in [6, 6.07) is 4.41. The van der Waals surface area contributed by atoms with Gasteiger partial charge in [0.15, 0.2) is 11.5 Å². The molecule has 0 radical (unpaired) electrons. The standard InChI is InChI=1S/C15H19BrO6.K.H/c1-9(2)10(3)14(18)22-15(19)21-13-11(17)5-4-6-12(13)20-8-7-16;;/h4-6,9-10,17H,7-8H2,1-3H3;;. The summed E-state index contributed by atoms with van der Waals surface area (Å²) < 4.78 is 14.9. The van der Waals surface area contributed by atoms with Crippen molar-refractivity contribution in [2.24, 2.45) is 11.8 Å². The molecular formula is C15H20BrKO6. The fraction of sp³-hybridized carbons (Fsp3) is 0.467.